The largest absolute Gasteiger partial charge is 0.450 e. The first-order chi connectivity index (χ1) is 17.6. The van der Waals surface area contributed by atoms with E-state index in [1.807, 2.05) is 12.1 Å². The number of carbonyl (C=O) groups is 2. The van der Waals surface area contributed by atoms with Crippen LogP contribution in [0.4, 0.5) is 0 Å². The van der Waals surface area contributed by atoms with Gasteiger partial charge in [-0.2, -0.15) is 0 Å². The highest BCUT2D eigenvalue weighted by molar-refractivity contribution is 8.22. The van der Waals surface area contributed by atoms with E-state index in [9.17, 15) is 9.59 Å². The monoisotopic (exact) mass is 527 g/mol. The second kappa shape index (κ2) is 13.6. The van der Waals surface area contributed by atoms with Crippen LogP contribution in [0.5, 0.6) is 0 Å². The van der Waals surface area contributed by atoms with Gasteiger partial charge in [-0.1, -0.05) is 62.5 Å². The number of benzene rings is 1. The molecule has 1 saturated carbocycles. The van der Waals surface area contributed by atoms with Crippen molar-refractivity contribution in [1.29, 1.82) is 0 Å². The summed E-state index contributed by atoms with van der Waals surface area (Å²) < 4.78 is 12.1. The second-order valence-electron chi connectivity index (χ2n) is 9.02. The number of morpholine rings is 1. The molecule has 36 heavy (non-hydrogen) atoms. The van der Waals surface area contributed by atoms with Gasteiger partial charge in [0.2, 0.25) is 0 Å². The van der Waals surface area contributed by atoms with Gasteiger partial charge in [0.25, 0.3) is 11.8 Å². The summed E-state index contributed by atoms with van der Waals surface area (Å²) in [6.07, 6.45) is 9.33. The number of thiocarbonyl (C=S) groups is 1. The maximum absolute atomic E-state index is 13.3. The molecule has 192 valence electrons. The Balaban J connectivity index is 1.48. The highest BCUT2D eigenvalue weighted by atomic mass is 32.2. The minimum Gasteiger partial charge on any atom is -0.450 e. The lowest BCUT2D eigenvalue weighted by Crippen LogP contribution is -2.40. The first-order valence-electron chi connectivity index (χ1n) is 12.6. The Labute approximate surface area is 222 Å². The molecule has 0 spiro atoms. The standard InChI is InChI=1S/C27H33N3O4S2/c31-25(20-9-5-4-6-10-20)29-23(26(32)28-21-11-7-2-1-3-8-12-21)19-22-13-14-24(34-22)36-27(35)30-15-17-33-18-16-30/h4-6,9-10,13-14,19,21H,1-3,7-8,11-12,15-18H2,(H,28,32)(H,29,31)/b23-19-. The molecule has 9 heteroatoms. The van der Waals surface area contributed by atoms with Gasteiger partial charge >= 0.3 is 0 Å². The number of carbonyl (C=O) groups excluding carboxylic acids is 2. The minimum absolute atomic E-state index is 0.100. The summed E-state index contributed by atoms with van der Waals surface area (Å²) in [5.41, 5.74) is 0.640. The normalized spacial score (nSPS) is 17.7. The number of ether oxygens (including phenoxy) is 1. The second-order valence-corrected chi connectivity index (χ2v) is 10.7. The Morgan fingerprint density at radius 3 is 2.39 bits per heavy atom. The third-order valence-electron chi connectivity index (χ3n) is 6.32. The van der Waals surface area contributed by atoms with Crippen molar-refractivity contribution in [3.05, 3.63) is 59.5 Å². The van der Waals surface area contributed by atoms with Gasteiger partial charge in [-0.3, -0.25) is 9.59 Å². The zero-order valence-electron chi connectivity index (χ0n) is 20.4. The summed E-state index contributed by atoms with van der Waals surface area (Å²) in [5, 5.41) is 6.57. The maximum atomic E-state index is 13.3. The van der Waals surface area contributed by atoms with E-state index in [2.05, 4.69) is 15.5 Å². The fourth-order valence-corrected chi connectivity index (χ4v) is 5.50. The topological polar surface area (TPSA) is 83.8 Å². The van der Waals surface area contributed by atoms with Crippen molar-refractivity contribution in [2.24, 2.45) is 0 Å². The summed E-state index contributed by atoms with van der Waals surface area (Å²) in [6, 6.07) is 12.6. The lowest BCUT2D eigenvalue weighted by atomic mass is 9.96. The number of hydrogen-bond acceptors (Lipinski definition) is 6. The van der Waals surface area contributed by atoms with E-state index in [0.717, 1.165) is 43.1 Å². The smallest absolute Gasteiger partial charge is 0.268 e. The molecule has 7 nitrogen and oxygen atoms in total. The molecule has 0 unspecified atom stereocenters. The fraction of sp³-hybridized carbons (Fsp3) is 0.444. The van der Waals surface area contributed by atoms with Crippen LogP contribution in [0.25, 0.3) is 6.08 Å². The molecule has 2 aromatic rings. The average Bonchev–Trinajstić information content (AvgIpc) is 3.32. The fourth-order valence-electron chi connectivity index (χ4n) is 4.31. The molecule has 1 aromatic carbocycles. The van der Waals surface area contributed by atoms with Crippen molar-refractivity contribution in [3.63, 3.8) is 0 Å². The highest BCUT2D eigenvalue weighted by Crippen LogP contribution is 2.26. The molecule has 1 aliphatic heterocycles. The zero-order valence-corrected chi connectivity index (χ0v) is 22.0. The van der Waals surface area contributed by atoms with E-state index >= 15 is 0 Å². The number of nitrogens with one attached hydrogen (secondary N) is 2. The summed E-state index contributed by atoms with van der Waals surface area (Å²) in [5.74, 6) is -0.179. The van der Waals surface area contributed by atoms with Crippen LogP contribution in [-0.2, 0) is 9.53 Å². The molecule has 0 bridgehead atoms. The molecule has 1 aromatic heterocycles. The van der Waals surface area contributed by atoms with Crippen LogP contribution in [0.2, 0.25) is 0 Å². The van der Waals surface area contributed by atoms with Gasteiger partial charge in [0, 0.05) is 30.8 Å². The van der Waals surface area contributed by atoms with Crippen LogP contribution in [0.3, 0.4) is 0 Å². The zero-order chi connectivity index (χ0) is 25.2. The van der Waals surface area contributed by atoms with Crippen molar-refractivity contribution in [1.82, 2.24) is 15.5 Å². The van der Waals surface area contributed by atoms with Crippen LogP contribution in [0.1, 0.15) is 61.1 Å². The molecule has 1 aliphatic carbocycles. The molecule has 0 atom stereocenters. The molecule has 2 fully saturated rings. The number of furan rings is 1. The van der Waals surface area contributed by atoms with Crippen molar-refractivity contribution in [3.8, 4) is 0 Å². The summed E-state index contributed by atoms with van der Waals surface area (Å²) in [7, 11) is 0. The van der Waals surface area contributed by atoms with E-state index in [1.54, 1.807) is 36.4 Å². The molecule has 2 aliphatic rings. The predicted molar refractivity (Wildman–Crippen MR) is 146 cm³/mol. The van der Waals surface area contributed by atoms with Gasteiger partial charge < -0.3 is 24.7 Å². The number of amides is 2. The van der Waals surface area contributed by atoms with Crippen LogP contribution in [0, 0.1) is 0 Å². The van der Waals surface area contributed by atoms with Gasteiger partial charge in [0.15, 0.2) is 5.09 Å². The Morgan fingerprint density at radius 2 is 1.67 bits per heavy atom. The number of thioether (sulfide) groups is 1. The van der Waals surface area contributed by atoms with Crippen molar-refractivity contribution >= 4 is 46.2 Å². The molecular formula is C27H33N3O4S2. The molecule has 1 saturated heterocycles. The Kier molecular flexibility index (Phi) is 10.0. The third kappa shape index (κ3) is 7.94. The van der Waals surface area contributed by atoms with Crippen LogP contribution in [0.15, 0.2) is 57.7 Å². The molecule has 0 radical (unpaired) electrons. The predicted octanol–water partition coefficient (Wildman–Crippen LogP) is 4.99. The quantitative estimate of drug-likeness (QED) is 0.311. The molecular weight excluding hydrogens is 494 g/mol. The van der Waals surface area contributed by atoms with Gasteiger partial charge in [-0.05, 0) is 48.9 Å². The Hall–Kier alpha value is -2.62. The number of hydrogen-bond donors (Lipinski definition) is 2. The molecule has 2 heterocycles. The summed E-state index contributed by atoms with van der Waals surface area (Å²) >= 11 is 6.92. The number of nitrogens with zero attached hydrogens (tertiary/aromatic N) is 1. The first-order valence-corrected chi connectivity index (χ1v) is 13.8. The van der Waals surface area contributed by atoms with E-state index < -0.39 is 0 Å². The van der Waals surface area contributed by atoms with E-state index in [1.165, 1.54) is 31.0 Å². The van der Waals surface area contributed by atoms with Crippen LogP contribution >= 0.6 is 24.0 Å². The molecule has 4 rings (SSSR count). The van der Waals surface area contributed by atoms with Crippen molar-refractivity contribution in [2.75, 3.05) is 26.3 Å². The van der Waals surface area contributed by atoms with Gasteiger partial charge in [0.05, 0.1) is 13.2 Å². The molecule has 2 N–H and O–H groups in total. The van der Waals surface area contributed by atoms with E-state index in [0.29, 0.717) is 29.6 Å². The lowest BCUT2D eigenvalue weighted by Gasteiger charge is -2.28. The van der Waals surface area contributed by atoms with Crippen LogP contribution < -0.4 is 10.6 Å². The lowest BCUT2D eigenvalue weighted by molar-refractivity contribution is -0.118. The van der Waals surface area contributed by atoms with Crippen molar-refractivity contribution < 1.29 is 18.7 Å². The summed E-state index contributed by atoms with van der Waals surface area (Å²) in [6.45, 7) is 2.84. The SMILES string of the molecule is O=C(NC1CCCCCCC1)/C(=C/c1ccc(SC(=S)N2CCOCC2)o1)NC(=O)c1ccccc1. The number of rotatable bonds is 6. The van der Waals surface area contributed by atoms with Crippen molar-refractivity contribution in [2.45, 2.75) is 56.1 Å². The van der Waals surface area contributed by atoms with Gasteiger partial charge in [-0.15, -0.1) is 0 Å². The average molecular weight is 528 g/mol. The first kappa shape index (κ1) is 26.4. The third-order valence-corrected chi connectivity index (χ3v) is 7.68. The minimum atomic E-state index is -0.343. The Morgan fingerprint density at radius 1 is 0.972 bits per heavy atom. The maximum Gasteiger partial charge on any atom is 0.268 e. The summed E-state index contributed by atoms with van der Waals surface area (Å²) in [4.78, 5) is 28.3. The molecule has 2 amide bonds. The van der Waals surface area contributed by atoms with Crippen LogP contribution in [-0.4, -0.2) is 53.4 Å². The highest BCUT2D eigenvalue weighted by Gasteiger charge is 2.21. The Bertz CT molecular complexity index is 1060. The van der Waals surface area contributed by atoms with E-state index in [4.69, 9.17) is 21.4 Å². The van der Waals surface area contributed by atoms with Gasteiger partial charge in [0.1, 0.15) is 15.8 Å². The van der Waals surface area contributed by atoms with Gasteiger partial charge in [-0.25, -0.2) is 0 Å². The van der Waals surface area contributed by atoms with E-state index in [-0.39, 0.29) is 23.6 Å².